The van der Waals surface area contributed by atoms with Gasteiger partial charge in [-0.1, -0.05) is 12.9 Å². The van der Waals surface area contributed by atoms with Crippen molar-refractivity contribution in [3.05, 3.63) is 29.6 Å². The van der Waals surface area contributed by atoms with Crippen molar-refractivity contribution in [3.63, 3.8) is 0 Å². The summed E-state index contributed by atoms with van der Waals surface area (Å²) in [5, 5.41) is 0. The van der Waals surface area contributed by atoms with E-state index in [0.717, 1.165) is 0 Å². The first-order valence-corrected chi connectivity index (χ1v) is 3.96. The molecule has 0 heterocycles. The lowest BCUT2D eigenvalue weighted by atomic mass is 9.62. The average Bonchev–Trinajstić information content (AvgIpc) is 2.16. The molecule has 1 aromatic carbocycles. The largest absolute Gasteiger partial charge is 0.434 e. The van der Waals surface area contributed by atoms with Crippen LogP contribution in [0.1, 0.15) is 10.4 Å². The Morgan fingerprint density at radius 2 is 2.23 bits per heavy atom. The second-order valence-corrected chi connectivity index (χ2v) is 2.77. The zero-order valence-corrected chi connectivity index (χ0v) is 7.58. The maximum atomic E-state index is 12.7. The molecule has 0 saturated heterocycles. The lowest BCUT2D eigenvalue weighted by molar-refractivity contribution is 0.112. The Bertz CT molecular complexity index is 314. The van der Waals surface area contributed by atoms with Crippen LogP contribution in [0.4, 0.5) is 4.39 Å². The van der Waals surface area contributed by atoms with Crippen molar-refractivity contribution in [2.24, 2.45) is 0 Å². The quantitative estimate of drug-likeness (QED) is 0.514. The molecule has 0 aliphatic rings. The molecule has 0 N–H and O–H groups in total. The molecule has 13 heavy (non-hydrogen) atoms. The highest BCUT2D eigenvalue weighted by atomic mass is 19.1. The molecule has 4 heteroatoms. The van der Waals surface area contributed by atoms with Crippen LogP contribution in [0.25, 0.3) is 0 Å². The number of hydrogen-bond acceptors (Lipinski definition) is 2. The zero-order valence-electron chi connectivity index (χ0n) is 7.58. The predicted molar refractivity (Wildman–Crippen MR) is 50.0 cm³/mol. The van der Waals surface area contributed by atoms with Gasteiger partial charge in [-0.25, -0.2) is 4.39 Å². The molecule has 0 amide bonds. The molecule has 1 aromatic rings. The van der Waals surface area contributed by atoms with E-state index < -0.39 is 5.82 Å². The second-order valence-electron chi connectivity index (χ2n) is 2.77. The maximum Gasteiger partial charge on any atom is 0.323 e. The molecule has 2 nitrogen and oxygen atoms in total. The van der Waals surface area contributed by atoms with Gasteiger partial charge in [0.15, 0.2) is 0 Å². The van der Waals surface area contributed by atoms with Gasteiger partial charge in [0.25, 0.3) is 0 Å². The summed E-state index contributed by atoms with van der Waals surface area (Å²) in [6.45, 7) is 1.61. The van der Waals surface area contributed by atoms with Crippen molar-refractivity contribution in [2.45, 2.75) is 6.82 Å². The van der Waals surface area contributed by atoms with E-state index in [1.54, 1.807) is 20.0 Å². The number of hydrogen-bond donors (Lipinski definition) is 0. The fourth-order valence-electron chi connectivity index (χ4n) is 1.14. The van der Waals surface area contributed by atoms with Crippen molar-refractivity contribution in [3.8, 4) is 0 Å². The molecule has 0 unspecified atom stereocenters. The molecule has 0 spiro atoms. The molecule has 1 rings (SSSR count). The molecular formula is C9H10BFO2. The fraction of sp³-hybridized carbons (Fsp3) is 0.222. The van der Waals surface area contributed by atoms with Crippen LogP contribution in [0.2, 0.25) is 6.82 Å². The van der Waals surface area contributed by atoms with E-state index in [1.807, 2.05) is 0 Å². The summed E-state index contributed by atoms with van der Waals surface area (Å²) in [6, 6.07) is 4.09. The smallest absolute Gasteiger partial charge is 0.323 e. The van der Waals surface area contributed by atoms with Crippen LogP contribution < -0.4 is 5.46 Å². The van der Waals surface area contributed by atoms with Crippen LogP contribution in [-0.2, 0) is 4.65 Å². The third kappa shape index (κ3) is 2.15. The van der Waals surface area contributed by atoms with Gasteiger partial charge in [-0.05, 0) is 17.6 Å². The normalized spacial score (nSPS) is 9.77. The van der Waals surface area contributed by atoms with E-state index >= 15 is 0 Å². The Morgan fingerprint density at radius 3 is 2.77 bits per heavy atom. The van der Waals surface area contributed by atoms with Crippen molar-refractivity contribution in [2.75, 3.05) is 7.11 Å². The minimum Gasteiger partial charge on any atom is -0.434 e. The van der Waals surface area contributed by atoms with Gasteiger partial charge >= 0.3 is 6.92 Å². The highest BCUT2D eigenvalue weighted by Crippen LogP contribution is 2.01. The molecular weight excluding hydrogens is 170 g/mol. The summed E-state index contributed by atoms with van der Waals surface area (Å²) < 4.78 is 17.7. The van der Waals surface area contributed by atoms with Crippen molar-refractivity contribution in [1.29, 1.82) is 0 Å². The van der Waals surface area contributed by atoms with E-state index in [0.29, 0.717) is 17.3 Å². The highest BCUT2D eigenvalue weighted by Gasteiger charge is 2.14. The lowest BCUT2D eigenvalue weighted by Crippen LogP contribution is -2.32. The third-order valence-electron chi connectivity index (χ3n) is 1.97. The highest BCUT2D eigenvalue weighted by molar-refractivity contribution is 6.67. The van der Waals surface area contributed by atoms with Gasteiger partial charge in [-0.15, -0.1) is 0 Å². The molecule has 0 bridgehead atoms. The van der Waals surface area contributed by atoms with Gasteiger partial charge in [0.05, 0.1) is 0 Å². The number of rotatable bonds is 3. The Hall–Kier alpha value is -1.16. The number of aldehydes is 1. The van der Waals surface area contributed by atoms with E-state index in [-0.39, 0.29) is 6.92 Å². The van der Waals surface area contributed by atoms with Gasteiger partial charge in [0, 0.05) is 12.7 Å². The molecule has 0 radical (unpaired) electrons. The number of benzene rings is 1. The number of carbonyl (C=O) groups excluding carboxylic acids is 1. The lowest BCUT2D eigenvalue weighted by Gasteiger charge is -2.08. The molecule has 0 aliphatic carbocycles. The van der Waals surface area contributed by atoms with Crippen LogP contribution >= 0.6 is 0 Å². The molecule has 0 fully saturated rings. The first-order chi connectivity index (χ1) is 6.19. The summed E-state index contributed by atoms with van der Waals surface area (Å²) >= 11 is 0. The Balaban J connectivity index is 3.13. The Kier molecular flexibility index (Phi) is 3.20. The zero-order chi connectivity index (χ0) is 9.84. The van der Waals surface area contributed by atoms with Crippen LogP contribution in [0.3, 0.4) is 0 Å². The summed E-state index contributed by atoms with van der Waals surface area (Å²) in [5.41, 5.74) is 1.05. The van der Waals surface area contributed by atoms with Crippen molar-refractivity contribution in [1.82, 2.24) is 0 Å². The van der Waals surface area contributed by atoms with E-state index in [2.05, 4.69) is 0 Å². The minimum absolute atomic E-state index is 0.194. The molecule has 0 atom stereocenters. The van der Waals surface area contributed by atoms with Gasteiger partial charge in [-0.3, -0.25) is 4.79 Å². The summed E-state index contributed by atoms with van der Waals surface area (Å²) in [5.74, 6) is -0.408. The van der Waals surface area contributed by atoms with Crippen LogP contribution in [-0.4, -0.2) is 20.3 Å². The minimum atomic E-state index is -0.408. The SMILES string of the molecule is COB(C)c1ccc(F)cc1C=O. The fourth-order valence-corrected chi connectivity index (χ4v) is 1.14. The molecule has 0 saturated carbocycles. The monoisotopic (exact) mass is 180 g/mol. The average molecular weight is 180 g/mol. The molecule has 68 valence electrons. The summed E-state index contributed by atoms with van der Waals surface area (Å²) in [4.78, 5) is 10.6. The number of carbonyl (C=O) groups is 1. The standard InChI is InChI=1S/C9H10BFO2/c1-10(13-2)9-4-3-8(11)5-7(9)6-12/h3-6H,1-2H3. The Labute approximate surface area is 76.8 Å². The van der Waals surface area contributed by atoms with E-state index in [1.165, 1.54) is 12.1 Å². The summed E-state index contributed by atoms with van der Waals surface area (Å²) in [7, 11) is 1.54. The van der Waals surface area contributed by atoms with Crippen LogP contribution in [0.5, 0.6) is 0 Å². The molecule has 0 aliphatic heterocycles. The maximum absolute atomic E-state index is 12.7. The first kappa shape index (κ1) is 9.93. The summed E-state index contributed by atoms with van der Waals surface area (Å²) in [6.07, 6.45) is 0.633. The van der Waals surface area contributed by atoms with Crippen LogP contribution in [0.15, 0.2) is 18.2 Å². The van der Waals surface area contributed by atoms with Crippen LogP contribution in [0, 0.1) is 5.82 Å². The van der Waals surface area contributed by atoms with E-state index in [4.69, 9.17) is 4.65 Å². The molecule has 0 aromatic heterocycles. The topological polar surface area (TPSA) is 26.3 Å². The van der Waals surface area contributed by atoms with Gasteiger partial charge in [-0.2, -0.15) is 0 Å². The third-order valence-corrected chi connectivity index (χ3v) is 1.97. The number of halogens is 1. The Morgan fingerprint density at radius 1 is 1.54 bits per heavy atom. The van der Waals surface area contributed by atoms with Crippen molar-refractivity contribution < 1.29 is 13.8 Å². The second kappa shape index (κ2) is 4.19. The van der Waals surface area contributed by atoms with Gasteiger partial charge < -0.3 is 4.65 Å². The predicted octanol–water partition coefficient (Wildman–Crippen LogP) is 1.11. The first-order valence-electron chi connectivity index (χ1n) is 3.96. The van der Waals surface area contributed by atoms with Gasteiger partial charge in [0.2, 0.25) is 0 Å². The van der Waals surface area contributed by atoms with E-state index in [9.17, 15) is 9.18 Å². The van der Waals surface area contributed by atoms with Gasteiger partial charge in [0.1, 0.15) is 12.1 Å². The van der Waals surface area contributed by atoms with Crippen molar-refractivity contribution >= 4 is 18.7 Å².